The monoisotopic (exact) mass is 148 g/mol. The van der Waals surface area contributed by atoms with Crippen LogP contribution in [0.1, 0.15) is 0 Å². The molecule has 0 saturated heterocycles. The van der Waals surface area contributed by atoms with Gasteiger partial charge in [0.1, 0.15) is 5.82 Å². The summed E-state index contributed by atoms with van der Waals surface area (Å²) >= 11 is 0. The molecule has 0 bridgehead atoms. The van der Waals surface area contributed by atoms with Gasteiger partial charge in [0.15, 0.2) is 0 Å². The van der Waals surface area contributed by atoms with Crippen LogP contribution in [0.4, 0.5) is 5.82 Å². The number of imidazole rings is 1. The van der Waals surface area contributed by atoms with Crippen LogP contribution < -0.4 is 4.90 Å². The Kier molecular flexibility index (Phi) is 1.44. The van der Waals surface area contributed by atoms with Gasteiger partial charge in [-0.25, -0.2) is 9.98 Å². The normalized spacial score (nSPS) is 15.8. The average molecular weight is 148 g/mol. The van der Waals surface area contributed by atoms with Gasteiger partial charge in [-0.05, 0) is 6.08 Å². The number of aliphatic imine (C=N–C) groups is 1. The molecular formula is C7H8N4. The predicted octanol–water partition coefficient (Wildman–Crippen LogP) is 0.772. The second kappa shape index (κ2) is 2.57. The zero-order chi connectivity index (χ0) is 7.52. The first-order valence-corrected chi connectivity index (χ1v) is 3.40. The van der Waals surface area contributed by atoms with Crippen molar-refractivity contribution < 1.29 is 0 Å². The molecule has 1 N–H and O–H groups in total. The number of nitrogens with zero attached hydrogens (tertiary/aromatic N) is 3. The molecule has 11 heavy (non-hydrogen) atoms. The van der Waals surface area contributed by atoms with Crippen molar-refractivity contribution in [1.82, 2.24) is 9.97 Å². The Morgan fingerprint density at radius 2 is 2.55 bits per heavy atom. The molecule has 0 aliphatic carbocycles. The highest BCUT2D eigenvalue weighted by Crippen LogP contribution is 2.07. The van der Waals surface area contributed by atoms with Gasteiger partial charge in [0.25, 0.3) is 0 Å². The van der Waals surface area contributed by atoms with E-state index in [9.17, 15) is 0 Å². The van der Waals surface area contributed by atoms with Gasteiger partial charge in [0.2, 0.25) is 0 Å². The van der Waals surface area contributed by atoms with Crippen molar-refractivity contribution in [2.75, 3.05) is 11.4 Å². The fourth-order valence-electron chi connectivity index (χ4n) is 0.954. The van der Waals surface area contributed by atoms with Gasteiger partial charge in [0, 0.05) is 12.7 Å². The van der Waals surface area contributed by atoms with Gasteiger partial charge in [-0.1, -0.05) is 0 Å². The Hall–Kier alpha value is -1.58. The van der Waals surface area contributed by atoms with E-state index in [-0.39, 0.29) is 0 Å². The van der Waals surface area contributed by atoms with Crippen LogP contribution >= 0.6 is 0 Å². The summed E-state index contributed by atoms with van der Waals surface area (Å²) in [5, 5.41) is 0. The highest BCUT2D eigenvalue weighted by Gasteiger charge is 2.03. The van der Waals surface area contributed by atoms with Crippen molar-refractivity contribution >= 4 is 12.2 Å². The lowest BCUT2D eigenvalue weighted by Gasteiger charge is -2.16. The minimum Gasteiger partial charge on any atom is -0.331 e. The van der Waals surface area contributed by atoms with E-state index in [0.29, 0.717) is 0 Å². The summed E-state index contributed by atoms with van der Waals surface area (Å²) in [6.07, 6.45) is 8.97. The number of nitrogens with one attached hydrogen (secondary N) is 1. The standard InChI is InChI=1S/C7H8N4/c1-2-8-6-11(3-1)7-4-9-5-10-7/h1-2,4-6H,3H2,(H,9,10). The molecule has 0 radical (unpaired) electrons. The van der Waals surface area contributed by atoms with E-state index in [4.69, 9.17) is 0 Å². The van der Waals surface area contributed by atoms with Gasteiger partial charge >= 0.3 is 0 Å². The molecule has 1 aromatic heterocycles. The Morgan fingerprint density at radius 3 is 3.18 bits per heavy atom. The Balaban J connectivity index is 2.19. The van der Waals surface area contributed by atoms with Gasteiger partial charge in [-0.3, -0.25) is 0 Å². The van der Waals surface area contributed by atoms with Gasteiger partial charge in [0.05, 0.1) is 18.9 Å². The first kappa shape index (κ1) is 6.15. The fourth-order valence-corrected chi connectivity index (χ4v) is 0.954. The zero-order valence-electron chi connectivity index (χ0n) is 5.94. The van der Waals surface area contributed by atoms with Crippen LogP contribution in [0.3, 0.4) is 0 Å². The molecule has 0 saturated carbocycles. The molecule has 1 aliphatic rings. The van der Waals surface area contributed by atoms with E-state index >= 15 is 0 Å². The Bertz CT molecular complexity index is 273. The van der Waals surface area contributed by atoms with Crippen molar-refractivity contribution in [2.24, 2.45) is 4.99 Å². The first-order chi connectivity index (χ1) is 5.47. The zero-order valence-corrected chi connectivity index (χ0v) is 5.94. The minimum absolute atomic E-state index is 0.853. The van der Waals surface area contributed by atoms with Crippen LogP contribution in [0.15, 0.2) is 29.8 Å². The lowest BCUT2D eigenvalue weighted by atomic mass is 10.5. The van der Waals surface area contributed by atoms with E-state index in [2.05, 4.69) is 15.0 Å². The number of rotatable bonds is 1. The molecule has 56 valence electrons. The summed E-state index contributed by atoms with van der Waals surface area (Å²) in [5.74, 6) is 0.970. The molecule has 0 unspecified atom stereocenters. The third-order valence-electron chi connectivity index (χ3n) is 1.49. The summed E-state index contributed by atoms with van der Waals surface area (Å²) in [6.45, 7) is 0.853. The number of hydrogen-bond donors (Lipinski definition) is 1. The van der Waals surface area contributed by atoms with Crippen molar-refractivity contribution in [2.45, 2.75) is 0 Å². The molecule has 0 fully saturated rings. The van der Waals surface area contributed by atoms with Crippen LogP contribution in [0.5, 0.6) is 0 Å². The average Bonchev–Trinajstić information content (AvgIpc) is 2.58. The summed E-state index contributed by atoms with van der Waals surface area (Å²) in [7, 11) is 0. The lowest BCUT2D eigenvalue weighted by molar-refractivity contribution is 1.09. The maximum Gasteiger partial charge on any atom is 0.131 e. The molecule has 2 heterocycles. The maximum absolute atomic E-state index is 3.99. The molecule has 0 aromatic carbocycles. The molecule has 4 heteroatoms. The van der Waals surface area contributed by atoms with Gasteiger partial charge in [-0.2, -0.15) is 0 Å². The highest BCUT2D eigenvalue weighted by atomic mass is 15.2. The van der Waals surface area contributed by atoms with Crippen LogP contribution in [0.25, 0.3) is 0 Å². The minimum atomic E-state index is 0.853. The number of H-pyrrole nitrogens is 1. The molecule has 0 amide bonds. The summed E-state index contributed by atoms with van der Waals surface area (Å²) in [4.78, 5) is 12.9. The quantitative estimate of drug-likeness (QED) is 0.639. The molecule has 1 aliphatic heterocycles. The van der Waals surface area contributed by atoms with Crippen molar-refractivity contribution in [3.8, 4) is 0 Å². The van der Waals surface area contributed by atoms with Crippen molar-refractivity contribution in [1.29, 1.82) is 0 Å². The topological polar surface area (TPSA) is 44.3 Å². The summed E-state index contributed by atoms with van der Waals surface area (Å²) < 4.78 is 0. The van der Waals surface area contributed by atoms with Crippen LogP contribution in [-0.2, 0) is 0 Å². The van der Waals surface area contributed by atoms with E-state index in [1.165, 1.54) is 0 Å². The fraction of sp³-hybridized carbons (Fsp3) is 0.143. The van der Waals surface area contributed by atoms with E-state index in [1.807, 2.05) is 11.0 Å². The SMILES string of the molecule is C1=CN=CN(c2cnc[nH]2)C1. The van der Waals surface area contributed by atoms with Gasteiger partial charge < -0.3 is 9.88 Å². The maximum atomic E-state index is 3.99. The predicted molar refractivity (Wildman–Crippen MR) is 43.6 cm³/mol. The third-order valence-corrected chi connectivity index (χ3v) is 1.49. The van der Waals surface area contributed by atoms with E-state index in [0.717, 1.165) is 12.4 Å². The number of hydrogen-bond acceptors (Lipinski definition) is 3. The first-order valence-electron chi connectivity index (χ1n) is 3.40. The Morgan fingerprint density at radius 1 is 1.55 bits per heavy atom. The van der Waals surface area contributed by atoms with Crippen LogP contribution in [-0.4, -0.2) is 22.9 Å². The van der Waals surface area contributed by atoms with E-state index < -0.39 is 0 Å². The molecular weight excluding hydrogens is 140 g/mol. The van der Waals surface area contributed by atoms with Crippen LogP contribution in [0.2, 0.25) is 0 Å². The number of aromatic amines is 1. The van der Waals surface area contributed by atoms with Crippen molar-refractivity contribution in [3.05, 3.63) is 24.8 Å². The molecule has 0 atom stereocenters. The number of anilines is 1. The molecule has 2 rings (SSSR count). The second-order valence-corrected chi connectivity index (χ2v) is 2.24. The van der Waals surface area contributed by atoms with Gasteiger partial charge in [-0.15, -0.1) is 0 Å². The van der Waals surface area contributed by atoms with E-state index in [1.54, 1.807) is 25.1 Å². The largest absolute Gasteiger partial charge is 0.331 e. The Labute approximate surface area is 64.3 Å². The molecule has 4 nitrogen and oxygen atoms in total. The second-order valence-electron chi connectivity index (χ2n) is 2.24. The smallest absolute Gasteiger partial charge is 0.131 e. The summed E-state index contributed by atoms with van der Waals surface area (Å²) in [5.41, 5.74) is 0. The van der Waals surface area contributed by atoms with Crippen LogP contribution in [0, 0.1) is 0 Å². The summed E-state index contributed by atoms with van der Waals surface area (Å²) in [6, 6.07) is 0. The van der Waals surface area contributed by atoms with Crippen molar-refractivity contribution in [3.63, 3.8) is 0 Å². The lowest BCUT2D eigenvalue weighted by Crippen LogP contribution is -2.22. The highest BCUT2D eigenvalue weighted by molar-refractivity contribution is 5.78. The number of aromatic nitrogens is 2. The third kappa shape index (κ3) is 1.14. The molecule has 0 spiro atoms. The molecule has 1 aromatic rings.